The molecule has 0 aromatic rings. The van der Waals surface area contributed by atoms with Crippen molar-refractivity contribution in [3.8, 4) is 0 Å². The van der Waals surface area contributed by atoms with E-state index in [0.717, 1.165) is 29.8 Å². The first-order chi connectivity index (χ1) is 7.61. The summed E-state index contributed by atoms with van der Waals surface area (Å²) in [6, 6.07) is 2.19. The van der Waals surface area contributed by atoms with Crippen LogP contribution in [0, 0.1) is 17.8 Å². The van der Waals surface area contributed by atoms with E-state index in [0.29, 0.717) is 5.04 Å². The molecule has 4 bridgehead atoms. The predicted octanol–water partition coefficient (Wildman–Crippen LogP) is 3.93. The molecular formula is C14H26OSi. The molecule has 1 nitrogen and oxygen atoms in total. The van der Waals surface area contributed by atoms with Crippen molar-refractivity contribution in [2.24, 2.45) is 17.8 Å². The van der Waals surface area contributed by atoms with Crippen molar-refractivity contribution in [2.45, 2.75) is 69.5 Å². The van der Waals surface area contributed by atoms with Gasteiger partial charge in [0.05, 0.1) is 0 Å². The van der Waals surface area contributed by atoms with E-state index in [-0.39, 0.29) is 0 Å². The minimum atomic E-state index is -1.95. The molecule has 0 amide bonds. The molecule has 1 N–H and O–H groups in total. The van der Waals surface area contributed by atoms with Crippen LogP contribution in [-0.4, -0.2) is 13.1 Å². The number of hydrogen-bond donors (Lipinski definition) is 1. The zero-order chi connectivity index (χ0) is 11.4. The Morgan fingerprint density at radius 1 is 0.938 bits per heavy atom. The molecule has 0 radical (unpaired) electrons. The normalized spacial score (nSPS) is 46.3. The zero-order valence-corrected chi connectivity index (χ0v) is 11.8. The van der Waals surface area contributed by atoms with Crippen LogP contribution in [0.5, 0.6) is 0 Å². The largest absolute Gasteiger partial charge is 0.431 e. The van der Waals surface area contributed by atoms with Gasteiger partial charge in [0.1, 0.15) is 0 Å². The lowest BCUT2D eigenvalue weighted by molar-refractivity contribution is 0.0177. The SMILES string of the molecule is CC[Si](O)(CC)C12CC3CC(CC(C3)C1)C2. The van der Waals surface area contributed by atoms with Crippen LogP contribution in [0.1, 0.15) is 52.4 Å². The second-order valence-electron chi connectivity index (χ2n) is 6.94. The van der Waals surface area contributed by atoms with Crippen molar-refractivity contribution in [3.63, 3.8) is 0 Å². The van der Waals surface area contributed by atoms with Crippen molar-refractivity contribution >= 4 is 8.32 Å². The third-order valence-corrected chi connectivity index (χ3v) is 11.1. The van der Waals surface area contributed by atoms with Crippen LogP contribution in [0.15, 0.2) is 0 Å². The number of hydrogen-bond acceptors (Lipinski definition) is 1. The highest BCUT2D eigenvalue weighted by atomic mass is 28.4. The standard InChI is InChI=1S/C14H26OSi/c1-3-16(15,4-2)14-8-11-5-12(9-14)7-13(6-11)10-14/h11-13,15H,3-10H2,1-2H3. The summed E-state index contributed by atoms with van der Waals surface area (Å²) in [4.78, 5) is 11.1. The van der Waals surface area contributed by atoms with Crippen LogP contribution in [0.2, 0.25) is 17.1 Å². The van der Waals surface area contributed by atoms with E-state index in [1.54, 1.807) is 0 Å². The Labute approximate surface area is 101 Å². The first-order valence-corrected chi connectivity index (χ1v) is 9.69. The van der Waals surface area contributed by atoms with Crippen LogP contribution in [0.25, 0.3) is 0 Å². The molecule has 0 heterocycles. The maximum atomic E-state index is 11.1. The second-order valence-corrected chi connectivity index (χ2v) is 11.5. The Kier molecular flexibility index (Phi) is 2.53. The fraction of sp³-hybridized carbons (Fsp3) is 1.00. The first kappa shape index (κ1) is 11.3. The Balaban J connectivity index is 1.93. The molecule has 4 fully saturated rings. The van der Waals surface area contributed by atoms with Gasteiger partial charge in [-0.2, -0.15) is 0 Å². The van der Waals surface area contributed by atoms with Gasteiger partial charge in [-0.3, -0.25) is 0 Å². The summed E-state index contributed by atoms with van der Waals surface area (Å²) < 4.78 is 0. The molecule has 0 unspecified atom stereocenters. The molecule has 4 rings (SSSR count). The number of rotatable bonds is 3. The monoisotopic (exact) mass is 238 g/mol. The van der Waals surface area contributed by atoms with E-state index >= 15 is 0 Å². The van der Waals surface area contributed by atoms with Crippen LogP contribution in [0.4, 0.5) is 0 Å². The van der Waals surface area contributed by atoms with E-state index < -0.39 is 8.32 Å². The minimum Gasteiger partial charge on any atom is -0.431 e. The maximum absolute atomic E-state index is 11.1. The lowest BCUT2D eigenvalue weighted by Crippen LogP contribution is -2.56. The lowest BCUT2D eigenvalue weighted by Gasteiger charge is -2.61. The molecule has 0 aromatic carbocycles. The van der Waals surface area contributed by atoms with Crippen LogP contribution < -0.4 is 0 Å². The molecular weight excluding hydrogens is 212 g/mol. The van der Waals surface area contributed by atoms with Gasteiger partial charge in [0.15, 0.2) is 8.32 Å². The molecule has 0 spiro atoms. The average Bonchev–Trinajstić information content (AvgIpc) is 2.26. The van der Waals surface area contributed by atoms with E-state index in [1.165, 1.54) is 38.5 Å². The van der Waals surface area contributed by atoms with E-state index in [2.05, 4.69) is 13.8 Å². The minimum absolute atomic E-state index is 0.450. The van der Waals surface area contributed by atoms with Crippen molar-refractivity contribution < 1.29 is 4.80 Å². The van der Waals surface area contributed by atoms with Gasteiger partial charge in [0.25, 0.3) is 0 Å². The molecule has 0 saturated heterocycles. The summed E-state index contributed by atoms with van der Waals surface area (Å²) in [6.45, 7) is 4.49. The van der Waals surface area contributed by atoms with Gasteiger partial charge in [-0.05, 0) is 73.4 Å². The van der Waals surface area contributed by atoms with E-state index in [1.807, 2.05) is 0 Å². The highest BCUT2D eigenvalue weighted by Crippen LogP contribution is 2.68. The van der Waals surface area contributed by atoms with Crippen molar-refractivity contribution in [1.82, 2.24) is 0 Å². The van der Waals surface area contributed by atoms with Gasteiger partial charge in [-0.15, -0.1) is 0 Å². The van der Waals surface area contributed by atoms with Gasteiger partial charge in [0, 0.05) is 0 Å². The van der Waals surface area contributed by atoms with E-state index in [9.17, 15) is 4.80 Å². The highest BCUT2D eigenvalue weighted by Gasteiger charge is 2.59. The second kappa shape index (κ2) is 3.58. The molecule has 0 atom stereocenters. The molecule has 4 aliphatic rings. The van der Waals surface area contributed by atoms with Crippen LogP contribution in [0.3, 0.4) is 0 Å². The molecule has 16 heavy (non-hydrogen) atoms. The van der Waals surface area contributed by atoms with Crippen molar-refractivity contribution in [3.05, 3.63) is 0 Å². The molecule has 92 valence electrons. The summed E-state index contributed by atoms with van der Waals surface area (Å²) in [5, 5.41) is 0.450. The fourth-order valence-corrected chi connectivity index (χ4v) is 9.69. The Hall–Kier alpha value is 0.177. The van der Waals surface area contributed by atoms with Gasteiger partial charge >= 0.3 is 0 Å². The van der Waals surface area contributed by atoms with Gasteiger partial charge < -0.3 is 4.80 Å². The van der Waals surface area contributed by atoms with Crippen molar-refractivity contribution in [2.75, 3.05) is 0 Å². The third kappa shape index (κ3) is 1.38. The quantitative estimate of drug-likeness (QED) is 0.739. The molecule has 0 aliphatic heterocycles. The summed E-state index contributed by atoms with van der Waals surface area (Å²) in [7, 11) is -1.95. The van der Waals surface area contributed by atoms with Gasteiger partial charge in [-0.25, -0.2) is 0 Å². The average molecular weight is 238 g/mol. The Bertz CT molecular complexity index is 247. The van der Waals surface area contributed by atoms with Gasteiger partial charge in [0.2, 0.25) is 0 Å². The van der Waals surface area contributed by atoms with E-state index in [4.69, 9.17) is 0 Å². The van der Waals surface area contributed by atoms with Gasteiger partial charge in [-0.1, -0.05) is 13.8 Å². The summed E-state index contributed by atoms with van der Waals surface area (Å²) in [6.07, 6.45) is 8.67. The summed E-state index contributed by atoms with van der Waals surface area (Å²) in [5.41, 5.74) is 0. The van der Waals surface area contributed by atoms with Crippen LogP contribution in [-0.2, 0) is 0 Å². The fourth-order valence-electron chi connectivity index (χ4n) is 5.68. The Morgan fingerprint density at radius 2 is 1.31 bits per heavy atom. The topological polar surface area (TPSA) is 20.2 Å². The first-order valence-electron chi connectivity index (χ1n) is 7.33. The van der Waals surface area contributed by atoms with Crippen LogP contribution >= 0.6 is 0 Å². The molecule has 4 saturated carbocycles. The highest BCUT2D eigenvalue weighted by molar-refractivity contribution is 6.75. The maximum Gasteiger partial charge on any atom is 0.194 e. The van der Waals surface area contributed by atoms with Crippen molar-refractivity contribution in [1.29, 1.82) is 0 Å². The molecule has 0 aromatic heterocycles. The summed E-state index contributed by atoms with van der Waals surface area (Å²) >= 11 is 0. The smallest absolute Gasteiger partial charge is 0.194 e. The predicted molar refractivity (Wildman–Crippen MR) is 69.8 cm³/mol. The summed E-state index contributed by atoms with van der Waals surface area (Å²) in [5.74, 6) is 2.97. The molecule has 4 aliphatic carbocycles. The lowest BCUT2D eigenvalue weighted by atomic mass is 9.56. The molecule has 2 heteroatoms. The zero-order valence-electron chi connectivity index (χ0n) is 10.8. The third-order valence-electron chi connectivity index (χ3n) is 6.20. The Morgan fingerprint density at radius 3 is 1.62 bits per heavy atom.